The van der Waals surface area contributed by atoms with Crippen LogP contribution in [0.25, 0.3) is 6.08 Å². The Morgan fingerprint density at radius 2 is 1.52 bits per heavy atom. The van der Waals surface area contributed by atoms with Gasteiger partial charge in [-0.2, -0.15) is 0 Å². The van der Waals surface area contributed by atoms with E-state index in [4.69, 9.17) is 0 Å². The summed E-state index contributed by atoms with van der Waals surface area (Å²) in [6.07, 6.45) is 8.94. The van der Waals surface area contributed by atoms with Crippen LogP contribution in [0.1, 0.15) is 16.8 Å². The molecule has 0 unspecified atom stereocenters. The van der Waals surface area contributed by atoms with Crippen molar-refractivity contribution in [2.24, 2.45) is 0 Å². The molecule has 0 aliphatic heterocycles. The molecule has 2 heterocycles. The summed E-state index contributed by atoms with van der Waals surface area (Å²) in [7, 11) is 0. The van der Waals surface area contributed by atoms with Crippen LogP contribution in [0.4, 0.5) is 0 Å². The quantitative estimate of drug-likeness (QED) is 0.646. The molecule has 2 aromatic heterocycles. The summed E-state index contributed by atoms with van der Waals surface area (Å²) in [5.74, 6) is 0. The molecule has 2 heteroatoms. The number of pyridine rings is 2. The van der Waals surface area contributed by atoms with Crippen molar-refractivity contribution < 1.29 is 9.35 Å². The van der Waals surface area contributed by atoms with Crippen LogP contribution >= 0.6 is 0 Å². The Kier molecular flexibility index (Phi) is 3.88. The Morgan fingerprint density at radius 3 is 2.24 bits per heavy atom. The van der Waals surface area contributed by atoms with Gasteiger partial charge in [0, 0.05) is 23.8 Å². The Labute approximate surface area is 125 Å². The molecule has 0 bridgehead atoms. The molecule has 0 saturated carbocycles. The fourth-order valence-corrected chi connectivity index (χ4v) is 2.45. The molecule has 1 aromatic carbocycles. The lowest BCUT2D eigenvalue weighted by molar-refractivity contribution is -1.30. The van der Waals surface area contributed by atoms with E-state index in [2.05, 4.69) is 52.5 Å². The maximum atomic E-state index is 3.95. The molecule has 102 valence electrons. The molecule has 0 aliphatic carbocycles. The van der Waals surface area contributed by atoms with E-state index in [1.165, 1.54) is 11.3 Å². The molecule has 21 heavy (non-hydrogen) atoms. The molecule has 3 rings (SSSR count). The minimum atomic E-state index is 0.866. The van der Waals surface area contributed by atoms with Crippen LogP contribution in [-0.2, 0) is 6.42 Å². The van der Waals surface area contributed by atoms with Gasteiger partial charge in [0.2, 0.25) is 18.6 Å². The van der Waals surface area contributed by atoms with E-state index in [1.54, 1.807) is 0 Å². The molecular weight excluding hydrogens is 256 g/mol. The maximum absolute atomic E-state index is 3.95. The van der Waals surface area contributed by atoms with Crippen molar-refractivity contribution in [3.05, 3.63) is 103 Å². The van der Waals surface area contributed by atoms with Gasteiger partial charge in [0.1, 0.15) is 0 Å². The molecule has 0 atom stereocenters. The average Bonchev–Trinajstić information content (AvgIpc) is 2.57. The van der Waals surface area contributed by atoms with E-state index < -0.39 is 0 Å². The number of rotatable bonds is 4. The van der Waals surface area contributed by atoms with E-state index in [9.17, 15) is 0 Å². The molecule has 0 N–H and O–H groups in total. The number of hydrogen-bond donors (Lipinski definition) is 0. The minimum absolute atomic E-state index is 0.866. The first-order valence-corrected chi connectivity index (χ1v) is 7.05. The zero-order valence-corrected chi connectivity index (χ0v) is 11.9. The third-order valence-corrected chi connectivity index (χ3v) is 3.50. The molecule has 0 saturated heterocycles. The van der Waals surface area contributed by atoms with E-state index >= 15 is 0 Å². The Morgan fingerprint density at radius 1 is 0.810 bits per heavy atom. The number of benzene rings is 1. The fraction of sp³-hybridized carbons (Fsp3) is 0.0526. The van der Waals surface area contributed by atoms with Crippen molar-refractivity contribution in [1.82, 2.24) is 0 Å². The highest BCUT2D eigenvalue weighted by Crippen LogP contribution is 2.11. The van der Waals surface area contributed by atoms with Crippen LogP contribution < -0.4 is 9.35 Å². The van der Waals surface area contributed by atoms with E-state index in [-0.39, 0.29) is 0 Å². The number of nitrogens with zero attached hydrogens (tertiary/aromatic N) is 2. The monoisotopic (exact) mass is 274 g/mol. The highest BCUT2D eigenvalue weighted by Gasteiger charge is 2.22. The molecular formula is C19H18N2+2. The maximum Gasteiger partial charge on any atom is 0.265 e. The molecule has 0 amide bonds. The lowest BCUT2D eigenvalue weighted by Gasteiger charge is -2.02. The van der Waals surface area contributed by atoms with Crippen molar-refractivity contribution >= 4 is 6.08 Å². The minimum Gasteiger partial charge on any atom is -0.0982 e. The van der Waals surface area contributed by atoms with Gasteiger partial charge in [0.05, 0.1) is 15.8 Å². The molecule has 0 radical (unpaired) electrons. The van der Waals surface area contributed by atoms with Crippen molar-refractivity contribution in [3.8, 4) is 0 Å². The third-order valence-electron chi connectivity index (χ3n) is 3.50. The first-order valence-electron chi connectivity index (χ1n) is 7.05. The van der Waals surface area contributed by atoms with Gasteiger partial charge in [-0.05, 0) is 17.7 Å². The van der Waals surface area contributed by atoms with Crippen molar-refractivity contribution in [2.45, 2.75) is 6.42 Å². The first-order chi connectivity index (χ1) is 10.4. The highest BCUT2D eigenvalue weighted by atomic mass is 15.4. The normalized spacial score (nSPS) is 10.3. The lowest BCUT2D eigenvalue weighted by Crippen LogP contribution is -2.68. The SMILES string of the molecule is C=Cc1ccc[n+](-[n+]2ccccc2)c1Cc1ccccc1. The van der Waals surface area contributed by atoms with Crippen molar-refractivity contribution in [3.63, 3.8) is 0 Å². The summed E-state index contributed by atoms with van der Waals surface area (Å²) < 4.78 is 4.23. The van der Waals surface area contributed by atoms with Crippen molar-refractivity contribution in [2.75, 3.05) is 0 Å². The number of hydrogen-bond acceptors (Lipinski definition) is 0. The Bertz CT molecular complexity index is 734. The zero-order valence-electron chi connectivity index (χ0n) is 11.9. The second-order valence-electron chi connectivity index (χ2n) is 4.88. The Balaban J connectivity index is 2.11. The topological polar surface area (TPSA) is 7.76 Å². The van der Waals surface area contributed by atoms with Crippen LogP contribution in [0.3, 0.4) is 0 Å². The Hall–Kier alpha value is -2.74. The number of aromatic nitrogens is 2. The predicted octanol–water partition coefficient (Wildman–Crippen LogP) is 2.81. The lowest BCUT2D eigenvalue weighted by atomic mass is 10.1. The van der Waals surface area contributed by atoms with E-state index in [0.717, 1.165) is 12.0 Å². The molecule has 2 nitrogen and oxygen atoms in total. The first kappa shape index (κ1) is 13.3. The summed E-state index contributed by atoms with van der Waals surface area (Å²) in [4.78, 5) is 0. The summed E-state index contributed by atoms with van der Waals surface area (Å²) in [6, 6.07) is 20.7. The summed E-state index contributed by atoms with van der Waals surface area (Å²) >= 11 is 0. The van der Waals surface area contributed by atoms with Gasteiger partial charge in [-0.1, -0.05) is 43.0 Å². The average molecular weight is 274 g/mol. The second-order valence-corrected chi connectivity index (χ2v) is 4.88. The van der Waals surface area contributed by atoms with Crippen LogP contribution in [0.5, 0.6) is 0 Å². The van der Waals surface area contributed by atoms with Gasteiger partial charge in [-0.15, -0.1) is 0 Å². The van der Waals surface area contributed by atoms with Crippen molar-refractivity contribution in [1.29, 1.82) is 0 Å². The zero-order chi connectivity index (χ0) is 14.5. The van der Waals surface area contributed by atoms with Gasteiger partial charge >= 0.3 is 0 Å². The summed E-state index contributed by atoms with van der Waals surface area (Å²) in [6.45, 7) is 3.95. The second kappa shape index (κ2) is 6.14. The highest BCUT2D eigenvalue weighted by molar-refractivity contribution is 5.48. The van der Waals surface area contributed by atoms with Gasteiger partial charge in [-0.25, -0.2) is 0 Å². The predicted molar refractivity (Wildman–Crippen MR) is 83.4 cm³/mol. The van der Waals surface area contributed by atoms with Crippen LogP contribution in [0.2, 0.25) is 0 Å². The molecule has 0 fully saturated rings. The largest absolute Gasteiger partial charge is 0.265 e. The smallest absolute Gasteiger partial charge is 0.0982 e. The van der Waals surface area contributed by atoms with Crippen LogP contribution in [0, 0.1) is 0 Å². The van der Waals surface area contributed by atoms with E-state index in [1.807, 2.05) is 48.8 Å². The van der Waals surface area contributed by atoms with E-state index in [0.29, 0.717) is 0 Å². The van der Waals surface area contributed by atoms with Gasteiger partial charge < -0.3 is 0 Å². The van der Waals surface area contributed by atoms with Crippen LogP contribution in [-0.4, -0.2) is 0 Å². The van der Waals surface area contributed by atoms with Gasteiger partial charge in [-0.3, -0.25) is 0 Å². The van der Waals surface area contributed by atoms with Gasteiger partial charge in [0.15, 0.2) is 0 Å². The molecule has 3 aromatic rings. The third kappa shape index (κ3) is 2.90. The molecule has 0 aliphatic rings. The standard InChI is InChI=1S/C19H18N2/c1-2-18-12-9-15-21(20-13-7-4-8-14-20)19(18)16-17-10-5-3-6-11-17/h2-15H,1,16H2/q+2. The van der Waals surface area contributed by atoms with Gasteiger partial charge in [0.25, 0.3) is 5.69 Å². The summed E-state index contributed by atoms with van der Waals surface area (Å²) in [5.41, 5.74) is 3.66. The molecule has 0 spiro atoms. The van der Waals surface area contributed by atoms with Crippen LogP contribution in [0.15, 0.2) is 85.8 Å². The fourth-order valence-electron chi connectivity index (χ4n) is 2.45. The summed E-state index contributed by atoms with van der Waals surface area (Å²) in [5, 5.41) is 0.